The number of hydrogen-bond donors (Lipinski definition) is 1. The van der Waals surface area contributed by atoms with Crippen molar-refractivity contribution in [1.29, 1.82) is 0 Å². The molecule has 0 unspecified atom stereocenters. The van der Waals surface area contributed by atoms with Crippen LogP contribution in [0.4, 0.5) is 0 Å². The Labute approximate surface area is 114 Å². The van der Waals surface area contributed by atoms with Gasteiger partial charge in [-0.25, -0.2) is 0 Å². The lowest BCUT2D eigenvalue weighted by Gasteiger charge is -1.98. The highest BCUT2D eigenvalue weighted by molar-refractivity contribution is 7.81. The molecule has 0 nitrogen and oxygen atoms in total. The predicted molar refractivity (Wildman–Crippen MR) is 83.7 cm³/mol. The SMILES string of the molecule is SC(C=Cc1ccccc1)C=Cc1ccccc1. The van der Waals surface area contributed by atoms with Crippen LogP contribution in [0.3, 0.4) is 0 Å². The van der Waals surface area contributed by atoms with Gasteiger partial charge in [-0.05, 0) is 11.1 Å². The second-order valence-electron chi connectivity index (χ2n) is 4.03. The van der Waals surface area contributed by atoms with Crippen LogP contribution in [-0.4, -0.2) is 5.25 Å². The molecule has 0 aliphatic rings. The molecule has 0 radical (unpaired) electrons. The molecule has 0 saturated carbocycles. The zero-order valence-electron chi connectivity index (χ0n) is 10.1. The molecule has 0 N–H and O–H groups in total. The fourth-order valence-electron chi connectivity index (χ4n) is 1.61. The molecule has 18 heavy (non-hydrogen) atoms. The van der Waals surface area contributed by atoms with Crippen LogP contribution in [0.5, 0.6) is 0 Å². The molecule has 2 aromatic rings. The number of rotatable bonds is 4. The highest BCUT2D eigenvalue weighted by Crippen LogP contribution is 2.09. The first-order valence-corrected chi connectivity index (χ1v) is 6.51. The Bertz CT molecular complexity index is 462. The largest absolute Gasteiger partial charge is 0.167 e. The zero-order valence-corrected chi connectivity index (χ0v) is 11.0. The molecule has 0 amide bonds. The molecule has 0 spiro atoms. The Kier molecular flexibility index (Phi) is 4.86. The summed E-state index contributed by atoms with van der Waals surface area (Å²) < 4.78 is 0. The van der Waals surface area contributed by atoms with Gasteiger partial charge in [0.1, 0.15) is 0 Å². The zero-order chi connectivity index (χ0) is 12.6. The Morgan fingerprint density at radius 1 is 0.667 bits per heavy atom. The van der Waals surface area contributed by atoms with Crippen LogP contribution >= 0.6 is 12.6 Å². The molecule has 0 aromatic heterocycles. The third-order valence-corrected chi connectivity index (χ3v) is 2.92. The van der Waals surface area contributed by atoms with E-state index in [9.17, 15) is 0 Å². The molecule has 0 atom stereocenters. The monoisotopic (exact) mass is 252 g/mol. The van der Waals surface area contributed by atoms with Crippen LogP contribution in [-0.2, 0) is 0 Å². The van der Waals surface area contributed by atoms with Gasteiger partial charge in [-0.1, -0.05) is 85.0 Å². The number of thiol groups is 1. The summed E-state index contributed by atoms with van der Waals surface area (Å²) in [5.74, 6) is 0. The highest BCUT2D eigenvalue weighted by atomic mass is 32.1. The molecule has 0 saturated heterocycles. The average Bonchev–Trinajstić information content (AvgIpc) is 2.45. The van der Waals surface area contributed by atoms with Crippen molar-refractivity contribution in [1.82, 2.24) is 0 Å². The van der Waals surface area contributed by atoms with Gasteiger partial charge in [-0.2, -0.15) is 12.6 Å². The molecule has 90 valence electrons. The smallest absolute Gasteiger partial charge is 0.0383 e. The molecule has 0 fully saturated rings. The molecule has 0 heterocycles. The van der Waals surface area contributed by atoms with E-state index in [0.29, 0.717) is 0 Å². The van der Waals surface area contributed by atoms with Gasteiger partial charge < -0.3 is 0 Å². The van der Waals surface area contributed by atoms with Gasteiger partial charge in [0.15, 0.2) is 0 Å². The predicted octanol–water partition coefficient (Wildman–Crippen LogP) is 4.71. The summed E-state index contributed by atoms with van der Waals surface area (Å²) in [6, 6.07) is 20.5. The minimum Gasteiger partial charge on any atom is -0.167 e. The van der Waals surface area contributed by atoms with Gasteiger partial charge in [0, 0.05) is 5.25 Å². The van der Waals surface area contributed by atoms with E-state index in [2.05, 4.69) is 61.2 Å². The first-order valence-electron chi connectivity index (χ1n) is 5.99. The van der Waals surface area contributed by atoms with Crippen molar-refractivity contribution in [3.63, 3.8) is 0 Å². The lowest BCUT2D eigenvalue weighted by molar-refractivity contribution is 1.46. The van der Waals surface area contributed by atoms with E-state index in [1.807, 2.05) is 36.4 Å². The highest BCUT2D eigenvalue weighted by Gasteiger charge is 1.91. The van der Waals surface area contributed by atoms with Crippen molar-refractivity contribution in [3.8, 4) is 0 Å². The van der Waals surface area contributed by atoms with E-state index in [-0.39, 0.29) is 5.25 Å². The molecule has 1 heteroatoms. The summed E-state index contributed by atoms with van der Waals surface area (Å²) in [4.78, 5) is 0. The fourth-order valence-corrected chi connectivity index (χ4v) is 1.78. The summed E-state index contributed by atoms with van der Waals surface area (Å²) >= 11 is 4.52. The van der Waals surface area contributed by atoms with E-state index in [0.717, 1.165) is 0 Å². The quantitative estimate of drug-likeness (QED) is 0.748. The van der Waals surface area contributed by atoms with Crippen molar-refractivity contribution < 1.29 is 0 Å². The van der Waals surface area contributed by atoms with Crippen LogP contribution in [0.25, 0.3) is 12.2 Å². The molecule has 0 aliphatic carbocycles. The van der Waals surface area contributed by atoms with Crippen molar-refractivity contribution >= 4 is 24.8 Å². The lowest BCUT2D eigenvalue weighted by atomic mass is 10.1. The first kappa shape index (κ1) is 12.7. The normalized spacial score (nSPS) is 13.2. The molecule has 2 rings (SSSR count). The second-order valence-corrected chi connectivity index (χ2v) is 4.63. The van der Waals surface area contributed by atoms with Gasteiger partial charge in [0.05, 0.1) is 0 Å². The molecule has 0 aliphatic heterocycles. The van der Waals surface area contributed by atoms with E-state index in [4.69, 9.17) is 0 Å². The molecular formula is C17H16S. The van der Waals surface area contributed by atoms with E-state index >= 15 is 0 Å². The van der Waals surface area contributed by atoms with Crippen molar-refractivity contribution in [2.75, 3.05) is 0 Å². The third kappa shape index (κ3) is 4.27. The third-order valence-electron chi connectivity index (χ3n) is 2.57. The van der Waals surface area contributed by atoms with Crippen LogP contribution in [0, 0.1) is 0 Å². The van der Waals surface area contributed by atoms with E-state index in [1.165, 1.54) is 11.1 Å². The van der Waals surface area contributed by atoms with Crippen LogP contribution in [0.2, 0.25) is 0 Å². The number of benzene rings is 2. The summed E-state index contributed by atoms with van der Waals surface area (Å²) in [6.45, 7) is 0. The summed E-state index contributed by atoms with van der Waals surface area (Å²) in [5, 5.41) is 0.130. The lowest BCUT2D eigenvalue weighted by Crippen LogP contribution is -1.85. The second kappa shape index (κ2) is 6.87. The van der Waals surface area contributed by atoms with Crippen LogP contribution < -0.4 is 0 Å². The van der Waals surface area contributed by atoms with E-state index in [1.54, 1.807) is 0 Å². The van der Waals surface area contributed by atoms with Crippen molar-refractivity contribution in [3.05, 3.63) is 83.9 Å². The molecular weight excluding hydrogens is 236 g/mol. The minimum atomic E-state index is 0.130. The van der Waals surface area contributed by atoms with Gasteiger partial charge in [0.2, 0.25) is 0 Å². The standard InChI is InChI=1S/C17H16S/c18-17(13-11-15-7-3-1-4-8-15)14-12-16-9-5-2-6-10-16/h1-14,17-18H. The first-order chi connectivity index (χ1) is 8.84. The maximum Gasteiger partial charge on any atom is 0.0383 e. The topological polar surface area (TPSA) is 0 Å². The van der Waals surface area contributed by atoms with Gasteiger partial charge in [0.25, 0.3) is 0 Å². The Hall–Kier alpha value is -1.73. The fraction of sp³-hybridized carbons (Fsp3) is 0.0588. The minimum absolute atomic E-state index is 0.130. The maximum atomic E-state index is 4.52. The molecule has 2 aromatic carbocycles. The Morgan fingerprint density at radius 3 is 1.44 bits per heavy atom. The Balaban J connectivity index is 1.95. The summed E-state index contributed by atoms with van der Waals surface area (Å²) in [7, 11) is 0. The van der Waals surface area contributed by atoms with Crippen LogP contribution in [0.15, 0.2) is 72.8 Å². The van der Waals surface area contributed by atoms with Gasteiger partial charge in [-0.15, -0.1) is 0 Å². The van der Waals surface area contributed by atoms with Crippen molar-refractivity contribution in [2.45, 2.75) is 5.25 Å². The average molecular weight is 252 g/mol. The molecule has 0 bridgehead atoms. The van der Waals surface area contributed by atoms with Gasteiger partial charge in [-0.3, -0.25) is 0 Å². The number of hydrogen-bond acceptors (Lipinski definition) is 1. The summed E-state index contributed by atoms with van der Waals surface area (Å²) in [6.07, 6.45) is 8.34. The van der Waals surface area contributed by atoms with Gasteiger partial charge >= 0.3 is 0 Å². The Morgan fingerprint density at radius 2 is 1.06 bits per heavy atom. The van der Waals surface area contributed by atoms with Crippen molar-refractivity contribution in [2.24, 2.45) is 0 Å². The summed E-state index contributed by atoms with van der Waals surface area (Å²) in [5.41, 5.74) is 2.40. The maximum absolute atomic E-state index is 4.52. The van der Waals surface area contributed by atoms with Crippen LogP contribution in [0.1, 0.15) is 11.1 Å². The van der Waals surface area contributed by atoms with E-state index < -0.39 is 0 Å².